The normalized spacial score (nSPS) is 14.1. The Morgan fingerprint density at radius 1 is 1.30 bits per heavy atom. The molecule has 2 aromatic heterocycles. The van der Waals surface area contributed by atoms with E-state index >= 15 is 0 Å². The molecule has 0 aromatic carbocycles. The van der Waals surface area contributed by atoms with Gasteiger partial charge >= 0.3 is 0 Å². The Morgan fingerprint density at radius 3 is 2.80 bits per heavy atom. The lowest BCUT2D eigenvalue weighted by Gasteiger charge is -2.14. The number of carbonyl (C=O) groups excluding carboxylic acids is 1. The quantitative estimate of drug-likeness (QED) is 0.874. The van der Waals surface area contributed by atoms with Gasteiger partial charge in [0.15, 0.2) is 5.69 Å². The monoisotopic (exact) mass is 308 g/mol. The van der Waals surface area contributed by atoms with Crippen LogP contribution in [-0.4, -0.2) is 31.6 Å². The number of carbonyl (C=O) groups is 1. The Morgan fingerprint density at radius 2 is 2.10 bits per heavy atom. The minimum Gasteiger partial charge on any atom is -0.334 e. The molecule has 0 spiro atoms. The molecule has 0 unspecified atom stereocenters. The van der Waals surface area contributed by atoms with Crippen molar-refractivity contribution in [1.29, 1.82) is 0 Å². The molecule has 2 aromatic rings. The van der Waals surface area contributed by atoms with Gasteiger partial charge in [-0.3, -0.25) is 4.79 Å². The summed E-state index contributed by atoms with van der Waals surface area (Å²) >= 11 is 2.82. The zero-order valence-corrected chi connectivity index (χ0v) is 13.2. The van der Waals surface area contributed by atoms with E-state index in [2.05, 4.69) is 13.7 Å². The highest BCUT2D eigenvalue weighted by atomic mass is 32.1. The van der Waals surface area contributed by atoms with Crippen LogP contribution in [0.2, 0.25) is 0 Å². The molecule has 5 nitrogen and oxygen atoms in total. The molecule has 7 heteroatoms. The van der Waals surface area contributed by atoms with Crippen molar-refractivity contribution in [1.82, 2.24) is 18.6 Å². The molecule has 3 rings (SSSR count). The zero-order valence-electron chi connectivity index (χ0n) is 11.5. The van der Waals surface area contributed by atoms with Gasteiger partial charge in [-0.15, -0.1) is 11.3 Å². The first-order valence-electron chi connectivity index (χ1n) is 6.67. The fourth-order valence-electron chi connectivity index (χ4n) is 2.35. The molecule has 0 N–H and O–H groups in total. The Bertz CT molecular complexity index is 611. The fraction of sp³-hybridized carbons (Fsp3) is 0.538. The van der Waals surface area contributed by atoms with Crippen molar-refractivity contribution in [2.45, 2.75) is 39.2 Å². The third kappa shape index (κ3) is 2.60. The van der Waals surface area contributed by atoms with Crippen molar-refractivity contribution >= 4 is 29.0 Å². The Kier molecular flexibility index (Phi) is 3.80. The van der Waals surface area contributed by atoms with Gasteiger partial charge in [0.05, 0.1) is 29.7 Å². The predicted molar refractivity (Wildman–Crippen MR) is 79.2 cm³/mol. The van der Waals surface area contributed by atoms with Crippen LogP contribution < -0.4 is 0 Å². The van der Waals surface area contributed by atoms with E-state index in [1.165, 1.54) is 23.4 Å². The summed E-state index contributed by atoms with van der Waals surface area (Å²) in [6, 6.07) is 0. The van der Waals surface area contributed by atoms with E-state index in [0.29, 0.717) is 17.9 Å². The van der Waals surface area contributed by atoms with Crippen LogP contribution in [0.3, 0.4) is 0 Å². The van der Waals surface area contributed by atoms with Gasteiger partial charge in [0, 0.05) is 11.9 Å². The van der Waals surface area contributed by atoms with Gasteiger partial charge in [0.25, 0.3) is 5.91 Å². The van der Waals surface area contributed by atoms with Crippen LogP contribution in [0, 0.1) is 6.92 Å². The second-order valence-electron chi connectivity index (χ2n) is 5.04. The largest absolute Gasteiger partial charge is 0.334 e. The van der Waals surface area contributed by atoms with Crippen LogP contribution in [0.1, 0.15) is 44.6 Å². The van der Waals surface area contributed by atoms with Gasteiger partial charge in [-0.25, -0.2) is 4.98 Å². The van der Waals surface area contributed by atoms with Crippen LogP contribution in [0.15, 0.2) is 0 Å². The number of hydrogen-bond acceptors (Lipinski definition) is 6. The summed E-state index contributed by atoms with van der Waals surface area (Å²) in [5.41, 5.74) is 2.40. The molecule has 1 amide bonds. The number of rotatable bonds is 3. The number of fused-ring (bicyclic) bond motifs is 1. The molecule has 20 heavy (non-hydrogen) atoms. The zero-order chi connectivity index (χ0) is 14.1. The SMILES string of the molecule is Cc1nsnc1C(=O)N(C)Cc1nc2c(s1)CCCC2. The second kappa shape index (κ2) is 5.57. The summed E-state index contributed by atoms with van der Waals surface area (Å²) < 4.78 is 8.12. The minimum absolute atomic E-state index is 0.0792. The molecule has 1 aliphatic rings. The first-order chi connectivity index (χ1) is 9.65. The summed E-state index contributed by atoms with van der Waals surface area (Å²) in [7, 11) is 1.79. The summed E-state index contributed by atoms with van der Waals surface area (Å²) in [5.74, 6) is -0.0792. The number of amides is 1. The van der Waals surface area contributed by atoms with Crippen molar-refractivity contribution in [3.8, 4) is 0 Å². The number of thiazole rings is 1. The van der Waals surface area contributed by atoms with Crippen LogP contribution in [0.5, 0.6) is 0 Å². The molecule has 0 aliphatic heterocycles. The first-order valence-corrected chi connectivity index (χ1v) is 8.22. The summed E-state index contributed by atoms with van der Waals surface area (Å²) in [4.78, 5) is 20.0. The lowest BCUT2D eigenvalue weighted by atomic mass is 10.0. The third-order valence-corrected chi connectivity index (χ3v) is 5.23. The molecule has 2 heterocycles. The molecular weight excluding hydrogens is 292 g/mol. The average Bonchev–Trinajstić information content (AvgIpc) is 3.03. The summed E-state index contributed by atoms with van der Waals surface area (Å²) in [5, 5.41) is 1.02. The van der Waals surface area contributed by atoms with E-state index < -0.39 is 0 Å². The van der Waals surface area contributed by atoms with Crippen molar-refractivity contribution in [2.24, 2.45) is 0 Å². The van der Waals surface area contributed by atoms with Crippen molar-refractivity contribution in [3.05, 3.63) is 27.0 Å². The lowest BCUT2D eigenvalue weighted by Crippen LogP contribution is -2.27. The Balaban J connectivity index is 1.72. The molecule has 0 bridgehead atoms. The molecule has 0 saturated carbocycles. The van der Waals surface area contributed by atoms with Gasteiger partial charge in [-0.2, -0.15) is 8.75 Å². The molecule has 1 aliphatic carbocycles. The molecule has 0 saturated heterocycles. The van der Waals surface area contributed by atoms with Gasteiger partial charge in [-0.1, -0.05) is 0 Å². The maximum Gasteiger partial charge on any atom is 0.275 e. The van der Waals surface area contributed by atoms with Crippen molar-refractivity contribution in [3.63, 3.8) is 0 Å². The number of aryl methyl sites for hydroxylation is 3. The standard InChI is InChI=1S/C13H16N4OS2/c1-8-12(16-20-15-8)13(18)17(2)7-11-14-9-5-3-4-6-10(9)19-11/h3-7H2,1-2H3. The van der Waals surface area contributed by atoms with Crippen LogP contribution >= 0.6 is 23.1 Å². The minimum atomic E-state index is -0.0792. The van der Waals surface area contributed by atoms with Gasteiger partial charge in [0.2, 0.25) is 0 Å². The topological polar surface area (TPSA) is 59.0 Å². The predicted octanol–water partition coefficient (Wildman–Crippen LogP) is 2.45. The number of hydrogen-bond donors (Lipinski definition) is 0. The van der Waals surface area contributed by atoms with E-state index in [0.717, 1.165) is 29.6 Å². The summed E-state index contributed by atoms with van der Waals surface area (Å²) in [6.45, 7) is 2.36. The van der Waals surface area contributed by atoms with E-state index in [-0.39, 0.29) is 5.91 Å². The van der Waals surface area contributed by atoms with Crippen LogP contribution in [-0.2, 0) is 19.4 Å². The van der Waals surface area contributed by atoms with Crippen molar-refractivity contribution in [2.75, 3.05) is 7.05 Å². The van der Waals surface area contributed by atoms with Gasteiger partial charge in [0.1, 0.15) is 5.01 Å². The fourth-order valence-corrected chi connectivity index (χ4v) is 4.11. The maximum absolute atomic E-state index is 12.3. The molecule has 0 atom stereocenters. The van der Waals surface area contributed by atoms with Crippen LogP contribution in [0.25, 0.3) is 0 Å². The van der Waals surface area contributed by atoms with E-state index in [9.17, 15) is 4.79 Å². The van der Waals surface area contributed by atoms with E-state index in [4.69, 9.17) is 0 Å². The second-order valence-corrected chi connectivity index (χ2v) is 6.74. The smallest absolute Gasteiger partial charge is 0.275 e. The van der Waals surface area contributed by atoms with E-state index in [1.807, 2.05) is 6.92 Å². The maximum atomic E-state index is 12.3. The first kappa shape index (κ1) is 13.6. The third-order valence-electron chi connectivity index (χ3n) is 3.46. The van der Waals surface area contributed by atoms with Crippen LogP contribution in [0.4, 0.5) is 0 Å². The Hall–Kier alpha value is -1.34. The highest BCUT2D eigenvalue weighted by molar-refractivity contribution is 7.11. The number of aromatic nitrogens is 3. The van der Waals surface area contributed by atoms with E-state index in [1.54, 1.807) is 23.3 Å². The van der Waals surface area contributed by atoms with Gasteiger partial charge in [-0.05, 0) is 32.6 Å². The lowest BCUT2D eigenvalue weighted by molar-refractivity contribution is 0.0779. The molecule has 0 fully saturated rings. The number of nitrogens with zero attached hydrogens (tertiary/aromatic N) is 4. The molecular formula is C13H16N4OS2. The average molecular weight is 308 g/mol. The summed E-state index contributed by atoms with van der Waals surface area (Å²) in [6.07, 6.45) is 4.71. The highest BCUT2D eigenvalue weighted by Gasteiger charge is 2.21. The Labute approximate surface area is 126 Å². The molecule has 106 valence electrons. The molecule has 0 radical (unpaired) electrons. The van der Waals surface area contributed by atoms with Gasteiger partial charge < -0.3 is 4.90 Å². The highest BCUT2D eigenvalue weighted by Crippen LogP contribution is 2.27. The van der Waals surface area contributed by atoms with Crippen molar-refractivity contribution < 1.29 is 4.79 Å².